The largest absolute Gasteiger partial charge is 0.493 e. The summed E-state index contributed by atoms with van der Waals surface area (Å²) in [6.07, 6.45) is 4.97. The molecule has 0 unspecified atom stereocenters. The lowest BCUT2D eigenvalue weighted by Crippen LogP contribution is -2.30. The standard InChI is InChI=1S/C25H22N2O6/c1-25(2,15-32-19-7-3-17(4-8-19)26-21(28)11-12-22(26)29)16-33-20-9-5-18(6-10-20)27-23(30)13-14-24(27)31/h3-14H,15-16H2,1-2H3. The molecule has 0 N–H and O–H groups in total. The molecule has 4 rings (SSSR count). The molecular formula is C25H22N2O6. The second-order valence-electron chi connectivity index (χ2n) is 8.42. The number of hydrogen-bond acceptors (Lipinski definition) is 6. The van der Waals surface area contributed by atoms with Crippen LogP contribution in [0.1, 0.15) is 13.8 Å². The lowest BCUT2D eigenvalue weighted by Gasteiger charge is -2.25. The molecule has 33 heavy (non-hydrogen) atoms. The number of anilines is 2. The molecule has 0 bridgehead atoms. The van der Waals surface area contributed by atoms with Crippen LogP contribution in [0.4, 0.5) is 11.4 Å². The van der Waals surface area contributed by atoms with Gasteiger partial charge >= 0.3 is 0 Å². The third kappa shape index (κ3) is 4.85. The first-order valence-electron chi connectivity index (χ1n) is 10.3. The highest BCUT2D eigenvalue weighted by Crippen LogP contribution is 2.26. The molecule has 0 atom stereocenters. The Morgan fingerprint density at radius 3 is 1.18 bits per heavy atom. The van der Waals surface area contributed by atoms with E-state index in [-0.39, 0.29) is 29.0 Å². The highest BCUT2D eigenvalue weighted by molar-refractivity contribution is 6.28. The van der Waals surface area contributed by atoms with Crippen molar-refractivity contribution in [1.29, 1.82) is 0 Å². The summed E-state index contributed by atoms with van der Waals surface area (Å²) in [6.45, 7) is 4.73. The van der Waals surface area contributed by atoms with Gasteiger partial charge in [-0.25, -0.2) is 9.80 Å². The molecule has 8 nitrogen and oxygen atoms in total. The molecule has 0 spiro atoms. The number of ether oxygens (including phenoxy) is 2. The van der Waals surface area contributed by atoms with E-state index in [1.165, 1.54) is 24.3 Å². The van der Waals surface area contributed by atoms with E-state index >= 15 is 0 Å². The summed E-state index contributed by atoms with van der Waals surface area (Å²) in [7, 11) is 0. The number of hydrogen-bond donors (Lipinski definition) is 0. The minimum absolute atomic E-state index is 0.326. The first kappa shape index (κ1) is 22.0. The Bertz CT molecular complexity index is 1030. The van der Waals surface area contributed by atoms with Gasteiger partial charge in [-0.1, -0.05) is 13.8 Å². The summed E-state index contributed by atoms with van der Waals surface area (Å²) in [5.41, 5.74) is 0.649. The predicted octanol–water partition coefficient (Wildman–Crippen LogP) is 3.03. The molecule has 2 aromatic rings. The third-order valence-corrected chi connectivity index (χ3v) is 5.07. The third-order valence-electron chi connectivity index (χ3n) is 5.07. The van der Waals surface area contributed by atoms with Crippen molar-refractivity contribution in [2.45, 2.75) is 13.8 Å². The van der Waals surface area contributed by atoms with Crippen LogP contribution < -0.4 is 19.3 Å². The van der Waals surface area contributed by atoms with Crippen LogP contribution in [0.25, 0.3) is 0 Å². The molecule has 168 valence electrons. The highest BCUT2D eigenvalue weighted by atomic mass is 16.5. The molecule has 0 radical (unpaired) electrons. The van der Waals surface area contributed by atoms with Crippen LogP contribution in [0.5, 0.6) is 11.5 Å². The van der Waals surface area contributed by atoms with Crippen molar-refractivity contribution in [2.75, 3.05) is 23.0 Å². The Labute approximate surface area is 190 Å². The Hall–Kier alpha value is -4.20. The zero-order valence-electron chi connectivity index (χ0n) is 18.2. The van der Waals surface area contributed by atoms with Gasteiger partial charge in [0.05, 0.1) is 24.6 Å². The zero-order valence-corrected chi connectivity index (χ0v) is 18.2. The highest BCUT2D eigenvalue weighted by Gasteiger charge is 2.26. The molecule has 8 heteroatoms. The number of carbonyl (C=O) groups excluding carboxylic acids is 4. The molecule has 4 amide bonds. The molecule has 0 saturated heterocycles. The van der Waals surface area contributed by atoms with E-state index in [1.807, 2.05) is 13.8 Å². The molecule has 0 saturated carbocycles. The second kappa shape index (κ2) is 8.74. The van der Waals surface area contributed by atoms with E-state index in [0.717, 1.165) is 9.80 Å². The Morgan fingerprint density at radius 2 is 0.879 bits per heavy atom. The lowest BCUT2D eigenvalue weighted by atomic mass is 9.96. The van der Waals surface area contributed by atoms with Crippen LogP contribution in [0.15, 0.2) is 72.8 Å². The van der Waals surface area contributed by atoms with Crippen molar-refractivity contribution in [1.82, 2.24) is 0 Å². The van der Waals surface area contributed by atoms with Gasteiger partial charge in [-0.05, 0) is 48.5 Å². The first-order chi connectivity index (χ1) is 15.7. The zero-order chi connectivity index (χ0) is 23.6. The fraction of sp³-hybridized carbons (Fsp3) is 0.200. The van der Waals surface area contributed by atoms with Crippen LogP contribution in [0.2, 0.25) is 0 Å². The fourth-order valence-electron chi connectivity index (χ4n) is 3.29. The number of imide groups is 2. The van der Waals surface area contributed by atoms with Gasteiger partial charge in [0, 0.05) is 29.7 Å². The minimum Gasteiger partial charge on any atom is -0.493 e. The predicted molar refractivity (Wildman–Crippen MR) is 121 cm³/mol. The van der Waals surface area contributed by atoms with E-state index in [0.29, 0.717) is 36.1 Å². The van der Waals surface area contributed by atoms with E-state index in [1.54, 1.807) is 48.5 Å². The number of nitrogens with zero attached hydrogens (tertiary/aromatic N) is 2. The van der Waals surface area contributed by atoms with Crippen molar-refractivity contribution in [3.05, 3.63) is 72.8 Å². The topological polar surface area (TPSA) is 93.2 Å². The maximum atomic E-state index is 11.8. The summed E-state index contributed by atoms with van der Waals surface area (Å²) in [5.74, 6) is -0.246. The van der Waals surface area contributed by atoms with Crippen molar-refractivity contribution in [2.24, 2.45) is 5.41 Å². The summed E-state index contributed by atoms with van der Waals surface area (Å²) < 4.78 is 11.7. The summed E-state index contributed by atoms with van der Waals surface area (Å²) in [6, 6.07) is 13.5. The molecule has 0 aliphatic carbocycles. The van der Waals surface area contributed by atoms with Crippen LogP contribution >= 0.6 is 0 Å². The fourth-order valence-corrected chi connectivity index (χ4v) is 3.29. The van der Waals surface area contributed by atoms with E-state index in [4.69, 9.17) is 9.47 Å². The van der Waals surface area contributed by atoms with E-state index in [9.17, 15) is 19.2 Å². The second-order valence-corrected chi connectivity index (χ2v) is 8.42. The van der Waals surface area contributed by atoms with Gasteiger partial charge in [-0.3, -0.25) is 19.2 Å². The molecule has 2 heterocycles. The maximum Gasteiger partial charge on any atom is 0.258 e. The molecule has 2 aromatic carbocycles. The van der Waals surface area contributed by atoms with Crippen molar-refractivity contribution in [3.63, 3.8) is 0 Å². The van der Waals surface area contributed by atoms with Gasteiger partial charge in [-0.15, -0.1) is 0 Å². The van der Waals surface area contributed by atoms with E-state index in [2.05, 4.69) is 0 Å². The average molecular weight is 446 g/mol. The van der Waals surface area contributed by atoms with Gasteiger partial charge in [0.25, 0.3) is 23.6 Å². The smallest absolute Gasteiger partial charge is 0.258 e. The minimum atomic E-state index is -0.365. The van der Waals surface area contributed by atoms with Crippen LogP contribution in [-0.4, -0.2) is 36.8 Å². The number of carbonyl (C=O) groups is 4. The van der Waals surface area contributed by atoms with Gasteiger partial charge in [0.1, 0.15) is 11.5 Å². The quantitative estimate of drug-likeness (QED) is 0.579. The monoisotopic (exact) mass is 446 g/mol. The van der Waals surface area contributed by atoms with Crippen molar-refractivity contribution in [3.8, 4) is 11.5 Å². The number of amides is 4. The molecule has 2 aliphatic heterocycles. The summed E-state index contributed by atoms with van der Waals surface area (Å²) >= 11 is 0. The number of benzene rings is 2. The maximum absolute atomic E-state index is 11.8. The normalized spacial score (nSPS) is 15.7. The van der Waals surface area contributed by atoms with Crippen LogP contribution in [0, 0.1) is 5.41 Å². The van der Waals surface area contributed by atoms with Crippen LogP contribution in [-0.2, 0) is 19.2 Å². The molecule has 0 fully saturated rings. The summed E-state index contributed by atoms with van der Waals surface area (Å²) in [4.78, 5) is 49.3. The Kier molecular flexibility index (Phi) is 5.83. The molecule has 2 aliphatic rings. The van der Waals surface area contributed by atoms with Gasteiger partial charge in [0.2, 0.25) is 0 Å². The summed E-state index contributed by atoms with van der Waals surface area (Å²) in [5, 5.41) is 0. The molecular weight excluding hydrogens is 424 g/mol. The van der Waals surface area contributed by atoms with Gasteiger partial charge in [-0.2, -0.15) is 0 Å². The van der Waals surface area contributed by atoms with Crippen LogP contribution in [0.3, 0.4) is 0 Å². The van der Waals surface area contributed by atoms with Crippen molar-refractivity contribution < 1.29 is 28.7 Å². The SMILES string of the molecule is CC(C)(COc1ccc(N2C(=O)C=CC2=O)cc1)COc1ccc(N2C(=O)C=CC2=O)cc1. The van der Waals surface area contributed by atoms with Gasteiger partial charge in [0.15, 0.2) is 0 Å². The lowest BCUT2D eigenvalue weighted by molar-refractivity contribution is -0.121. The first-order valence-corrected chi connectivity index (χ1v) is 10.3. The van der Waals surface area contributed by atoms with E-state index < -0.39 is 0 Å². The van der Waals surface area contributed by atoms with Crippen molar-refractivity contribution >= 4 is 35.0 Å². The Morgan fingerprint density at radius 1 is 0.576 bits per heavy atom. The number of rotatable bonds is 8. The average Bonchev–Trinajstić information content (AvgIpc) is 3.32. The van der Waals surface area contributed by atoms with Gasteiger partial charge < -0.3 is 9.47 Å². The Balaban J connectivity index is 1.29. The molecule has 0 aromatic heterocycles.